The molecule has 6 atom stereocenters. The molecule has 0 unspecified atom stereocenters. The van der Waals surface area contributed by atoms with Crippen molar-refractivity contribution in [3.8, 4) is 0 Å². The van der Waals surface area contributed by atoms with Crippen molar-refractivity contribution in [2.45, 2.75) is 6.42 Å². The number of amides is 2. The maximum Gasteiger partial charge on any atom is 0.288 e. The molecule has 2 saturated carbocycles. The zero-order valence-electron chi connectivity index (χ0n) is 13.5. The van der Waals surface area contributed by atoms with E-state index in [4.69, 9.17) is 11.6 Å². The first-order valence-corrected chi connectivity index (χ1v) is 8.89. The first-order valence-electron chi connectivity index (χ1n) is 8.51. The summed E-state index contributed by atoms with van der Waals surface area (Å²) in [7, 11) is 0. The van der Waals surface area contributed by atoms with Gasteiger partial charge in [0, 0.05) is 11.6 Å². The molecule has 26 heavy (non-hydrogen) atoms. The molecule has 0 spiro atoms. The van der Waals surface area contributed by atoms with E-state index < -0.39 is 4.92 Å². The van der Waals surface area contributed by atoms with Crippen molar-refractivity contribution in [2.24, 2.45) is 40.6 Å². The summed E-state index contributed by atoms with van der Waals surface area (Å²) in [6.07, 6.45) is 6.60. The van der Waals surface area contributed by atoms with Gasteiger partial charge in [0.15, 0.2) is 0 Å². The van der Waals surface area contributed by atoms with Crippen molar-refractivity contribution in [1.82, 2.24) is 5.01 Å². The van der Waals surface area contributed by atoms with E-state index >= 15 is 0 Å². The molecule has 0 N–H and O–H groups in total. The fourth-order valence-corrected chi connectivity index (χ4v) is 5.12. The highest BCUT2D eigenvalue weighted by atomic mass is 35.5. The van der Waals surface area contributed by atoms with Gasteiger partial charge in [-0.15, -0.1) is 0 Å². The van der Waals surface area contributed by atoms with E-state index in [0.29, 0.717) is 17.4 Å². The Morgan fingerprint density at radius 3 is 2.35 bits per heavy atom. The summed E-state index contributed by atoms with van der Waals surface area (Å²) in [6.45, 7) is 0. The predicted octanol–water partition coefficient (Wildman–Crippen LogP) is 2.64. The van der Waals surface area contributed by atoms with Crippen molar-refractivity contribution in [3.63, 3.8) is 0 Å². The van der Waals surface area contributed by atoms with Gasteiger partial charge in [-0.25, -0.2) is 0 Å². The van der Waals surface area contributed by atoms with Gasteiger partial charge >= 0.3 is 0 Å². The Balaban J connectivity index is 1.43. The summed E-state index contributed by atoms with van der Waals surface area (Å²) in [5.41, 5.74) is 0.159. The quantitative estimate of drug-likeness (QED) is 0.268. The summed E-state index contributed by atoms with van der Waals surface area (Å²) < 4.78 is 0. The molecule has 1 saturated heterocycles. The van der Waals surface area contributed by atoms with Gasteiger partial charge in [-0.3, -0.25) is 19.7 Å². The average molecular weight is 372 g/mol. The SMILES string of the molecule is O=C1[C@@H]2[C@@H]3C=C[C@H]([C@H]4C[C@H]34)[C@@H]2C(=O)N1/N=C/c1ccc(Cl)c([N+](=O)[O-])c1. The minimum absolute atomic E-state index is 0.0216. The second-order valence-corrected chi connectivity index (χ2v) is 7.76. The maximum absolute atomic E-state index is 12.8. The molecule has 1 aromatic carbocycles. The molecule has 0 radical (unpaired) electrons. The molecule has 1 heterocycles. The van der Waals surface area contributed by atoms with Gasteiger partial charge < -0.3 is 0 Å². The Morgan fingerprint density at radius 2 is 1.77 bits per heavy atom. The Hall–Kier alpha value is -2.54. The first kappa shape index (κ1) is 15.7. The number of carbonyl (C=O) groups excluding carboxylic acids is 2. The van der Waals surface area contributed by atoms with Gasteiger partial charge in [0.1, 0.15) is 5.02 Å². The number of hydrazone groups is 1. The third-order valence-electron chi connectivity index (χ3n) is 6.13. The van der Waals surface area contributed by atoms with E-state index in [0.717, 1.165) is 11.4 Å². The number of nitro groups is 1. The van der Waals surface area contributed by atoms with Crippen LogP contribution in [0.3, 0.4) is 0 Å². The molecule has 0 aromatic heterocycles. The average Bonchev–Trinajstić information content (AvgIpc) is 3.40. The third kappa shape index (κ3) is 2.03. The van der Waals surface area contributed by atoms with E-state index in [1.165, 1.54) is 18.3 Å². The van der Waals surface area contributed by atoms with Crippen LogP contribution < -0.4 is 0 Å². The van der Waals surface area contributed by atoms with Gasteiger partial charge in [-0.05, 0) is 36.2 Å². The van der Waals surface area contributed by atoms with Crippen LogP contribution in [0.2, 0.25) is 5.02 Å². The first-order chi connectivity index (χ1) is 12.5. The minimum atomic E-state index is -0.587. The molecular formula is C18H14ClN3O4. The molecule has 6 rings (SSSR count). The third-order valence-corrected chi connectivity index (χ3v) is 6.45. The zero-order chi connectivity index (χ0) is 18.2. The maximum atomic E-state index is 12.8. The van der Waals surface area contributed by atoms with Crippen molar-refractivity contribution < 1.29 is 14.5 Å². The van der Waals surface area contributed by atoms with E-state index in [1.54, 1.807) is 6.07 Å². The number of rotatable bonds is 3. The summed E-state index contributed by atoms with van der Waals surface area (Å²) in [5.74, 6) is 0.216. The van der Waals surface area contributed by atoms with Crippen LogP contribution in [0.25, 0.3) is 0 Å². The number of carbonyl (C=O) groups is 2. The second-order valence-electron chi connectivity index (χ2n) is 7.36. The topological polar surface area (TPSA) is 92.9 Å². The molecule has 1 aliphatic heterocycles. The van der Waals surface area contributed by atoms with Gasteiger partial charge in [0.2, 0.25) is 0 Å². The number of nitrogens with zero attached hydrogens (tertiary/aromatic N) is 3. The number of hydrogen-bond donors (Lipinski definition) is 0. The van der Waals surface area contributed by atoms with Crippen molar-refractivity contribution in [2.75, 3.05) is 0 Å². The molecule has 4 aliphatic carbocycles. The van der Waals surface area contributed by atoms with E-state index in [2.05, 4.69) is 17.3 Å². The van der Waals surface area contributed by atoms with Gasteiger partial charge in [0.25, 0.3) is 17.5 Å². The largest absolute Gasteiger partial charge is 0.288 e. The van der Waals surface area contributed by atoms with Crippen LogP contribution in [0.5, 0.6) is 0 Å². The fraction of sp³-hybridized carbons (Fsp3) is 0.389. The van der Waals surface area contributed by atoms with Crippen LogP contribution in [0.1, 0.15) is 12.0 Å². The van der Waals surface area contributed by atoms with E-state index in [-0.39, 0.29) is 46.2 Å². The number of nitro benzene ring substituents is 1. The monoisotopic (exact) mass is 371 g/mol. The highest BCUT2D eigenvalue weighted by Crippen LogP contribution is 2.65. The summed E-state index contributed by atoms with van der Waals surface area (Å²) in [4.78, 5) is 36.0. The highest BCUT2D eigenvalue weighted by Gasteiger charge is 2.67. The van der Waals surface area contributed by atoms with Crippen LogP contribution in [-0.2, 0) is 9.59 Å². The highest BCUT2D eigenvalue weighted by molar-refractivity contribution is 6.32. The summed E-state index contributed by atoms with van der Waals surface area (Å²) in [5, 5.41) is 16.0. The number of hydrogen-bond acceptors (Lipinski definition) is 5. The Labute approximate surface area is 153 Å². The fourth-order valence-electron chi connectivity index (χ4n) is 4.93. The number of allylic oxidation sites excluding steroid dienone is 2. The van der Waals surface area contributed by atoms with Gasteiger partial charge in [-0.2, -0.15) is 10.1 Å². The Bertz CT molecular complexity index is 891. The molecule has 8 heteroatoms. The molecule has 2 bridgehead atoms. The Morgan fingerprint density at radius 1 is 1.15 bits per heavy atom. The normalized spacial score (nSPS) is 36.6. The lowest BCUT2D eigenvalue weighted by Crippen LogP contribution is -2.40. The number of halogens is 1. The van der Waals surface area contributed by atoms with Crippen LogP contribution in [0, 0.1) is 45.6 Å². The van der Waals surface area contributed by atoms with Crippen molar-refractivity contribution in [1.29, 1.82) is 0 Å². The summed E-state index contributed by atoms with van der Waals surface area (Å²) >= 11 is 5.79. The predicted molar refractivity (Wildman–Crippen MR) is 92.3 cm³/mol. The smallest absolute Gasteiger partial charge is 0.272 e. The molecule has 2 amide bonds. The summed E-state index contributed by atoms with van der Waals surface area (Å²) in [6, 6.07) is 4.22. The number of imide groups is 1. The van der Waals surface area contributed by atoms with Crippen LogP contribution in [0.4, 0.5) is 5.69 Å². The molecule has 132 valence electrons. The standard InChI is InChI=1S/C18H14ClN3O4/c19-13-4-1-8(5-14(13)22(25)26)7-20-21-17(23)15-9-2-3-10(12-6-11(9)12)16(15)18(21)24/h1-5,7,9-12,15-16H,6H2/b20-7+/t9-,10-,11-,12-,15-,16+/m1/s1. The van der Waals surface area contributed by atoms with Crippen LogP contribution in [-0.4, -0.2) is 28.0 Å². The van der Waals surface area contributed by atoms with Gasteiger partial charge in [0.05, 0.1) is 23.0 Å². The lowest BCUT2D eigenvalue weighted by atomic mass is 9.63. The molecule has 1 aromatic rings. The lowest BCUT2D eigenvalue weighted by molar-refractivity contribution is -0.384. The van der Waals surface area contributed by atoms with E-state index in [1.807, 2.05) is 0 Å². The minimum Gasteiger partial charge on any atom is -0.272 e. The van der Waals surface area contributed by atoms with Crippen LogP contribution >= 0.6 is 11.6 Å². The molecule has 3 fully saturated rings. The van der Waals surface area contributed by atoms with Gasteiger partial charge in [-0.1, -0.05) is 29.8 Å². The van der Waals surface area contributed by atoms with Crippen molar-refractivity contribution in [3.05, 3.63) is 51.1 Å². The number of benzene rings is 1. The molecule has 5 aliphatic rings. The van der Waals surface area contributed by atoms with Crippen molar-refractivity contribution >= 4 is 35.3 Å². The molecular weight excluding hydrogens is 358 g/mol. The zero-order valence-corrected chi connectivity index (χ0v) is 14.2. The second kappa shape index (κ2) is 5.23. The molecule has 7 nitrogen and oxygen atoms in total. The Kier molecular flexibility index (Phi) is 3.16. The van der Waals surface area contributed by atoms with E-state index in [9.17, 15) is 19.7 Å². The lowest BCUT2D eigenvalue weighted by Gasteiger charge is -2.37. The van der Waals surface area contributed by atoms with Crippen LogP contribution in [0.15, 0.2) is 35.5 Å².